The first kappa shape index (κ1) is 17.0. The van der Waals surface area contributed by atoms with E-state index in [1.165, 1.54) is 12.1 Å². The fourth-order valence-electron chi connectivity index (χ4n) is 1.44. The largest absolute Gasteiger partial charge is 0.480 e. The van der Waals surface area contributed by atoms with E-state index in [9.17, 15) is 14.4 Å². The maximum Gasteiger partial charge on any atom is 0.323 e. The van der Waals surface area contributed by atoms with Crippen LogP contribution in [0.2, 0.25) is 10.0 Å². The van der Waals surface area contributed by atoms with Crippen LogP contribution in [-0.2, 0) is 14.4 Å². The Balaban J connectivity index is 2.86. The molecule has 0 aliphatic heterocycles. The van der Waals surface area contributed by atoms with Gasteiger partial charge in [-0.2, -0.15) is 0 Å². The molecule has 0 saturated carbocycles. The van der Waals surface area contributed by atoms with Gasteiger partial charge in [-0.25, -0.2) is 0 Å². The fraction of sp³-hybridized carbons (Fsp3) is 0.154. The van der Waals surface area contributed by atoms with Crippen molar-refractivity contribution < 1.29 is 24.6 Å². The van der Waals surface area contributed by atoms with Gasteiger partial charge in [-0.05, 0) is 23.8 Å². The molecule has 0 radical (unpaired) electrons. The average molecular weight is 332 g/mol. The molecule has 0 spiro atoms. The summed E-state index contributed by atoms with van der Waals surface area (Å²) >= 11 is 11.6. The third kappa shape index (κ3) is 5.85. The van der Waals surface area contributed by atoms with E-state index in [-0.39, 0.29) is 0 Å². The molecule has 0 unspecified atom stereocenters. The van der Waals surface area contributed by atoms with E-state index in [1.54, 1.807) is 12.1 Å². The molecule has 0 aliphatic carbocycles. The summed E-state index contributed by atoms with van der Waals surface area (Å²) in [6.45, 7) is -1.41. The number of hydrogen-bond acceptors (Lipinski definition) is 3. The Kier molecular flexibility index (Phi) is 6.20. The van der Waals surface area contributed by atoms with E-state index in [0.29, 0.717) is 20.5 Å². The highest BCUT2D eigenvalue weighted by atomic mass is 35.5. The average Bonchev–Trinajstić information content (AvgIpc) is 2.35. The SMILES string of the molecule is O=C(O)CN(CC(=O)O)C(=O)C=Cc1ccc(Cl)cc1Cl. The molecular formula is C13H11Cl2NO5. The van der Waals surface area contributed by atoms with E-state index >= 15 is 0 Å². The minimum absolute atomic E-state index is 0.314. The molecule has 8 heteroatoms. The van der Waals surface area contributed by atoms with E-state index in [1.807, 2.05) is 0 Å². The van der Waals surface area contributed by atoms with Crippen LogP contribution in [0.15, 0.2) is 24.3 Å². The van der Waals surface area contributed by atoms with Crippen molar-refractivity contribution in [2.45, 2.75) is 0 Å². The summed E-state index contributed by atoms with van der Waals surface area (Å²) in [6.07, 6.45) is 2.42. The number of carbonyl (C=O) groups excluding carboxylic acids is 1. The highest BCUT2D eigenvalue weighted by molar-refractivity contribution is 6.35. The molecule has 1 amide bonds. The molecule has 0 atom stereocenters. The summed E-state index contributed by atoms with van der Waals surface area (Å²) in [5.74, 6) is -3.35. The predicted molar refractivity (Wildman–Crippen MR) is 77.3 cm³/mol. The highest BCUT2D eigenvalue weighted by Crippen LogP contribution is 2.22. The summed E-state index contributed by atoms with van der Waals surface area (Å²) in [5, 5.41) is 18.1. The van der Waals surface area contributed by atoms with Gasteiger partial charge in [-0.3, -0.25) is 14.4 Å². The molecule has 6 nitrogen and oxygen atoms in total. The minimum atomic E-state index is -1.30. The first-order chi connectivity index (χ1) is 9.79. The molecule has 1 aromatic carbocycles. The first-order valence-electron chi connectivity index (χ1n) is 5.65. The Morgan fingerprint density at radius 1 is 1.10 bits per heavy atom. The third-order valence-corrected chi connectivity index (χ3v) is 2.89. The molecule has 1 rings (SSSR count). The van der Waals surface area contributed by atoms with Crippen LogP contribution in [0.3, 0.4) is 0 Å². The number of carbonyl (C=O) groups is 3. The van der Waals surface area contributed by atoms with Crippen LogP contribution in [0.1, 0.15) is 5.56 Å². The van der Waals surface area contributed by atoms with Crippen LogP contribution < -0.4 is 0 Å². The van der Waals surface area contributed by atoms with Gasteiger partial charge in [0.05, 0.1) is 0 Å². The quantitative estimate of drug-likeness (QED) is 0.777. The Labute approximate surface area is 130 Å². The molecule has 0 bridgehead atoms. The summed E-state index contributed by atoms with van der Waals surface area (Å²) in [7, 11) is 0. The van der Waals surface area contributed by atoms with E-state index < -0.39 is 30.9 Å². The molecule has 0 fully saturated rings. The zero-order valence-electron chi connectivity index (χ0n) is 10.6. The smallest absolute Gasteiger partial charge is 0.323 e. The lowest BCUT2D eigenvalue weighted by molar-refractivity contribution is -0.147. The monoisotopic (exact) mass is 331 g/mol. The Morgan fingerprint density at radius 2 is 1.67 bits per heavy atom. The van der Waals surface area contributed by atoms with Gasteiger partial charge in [0.2, 0.25) is 5.91 Å². The zero-order valence-corrected chi connectivity index (χ0v) is 12.1. The van der Waals surface area contributed by atoms with Gasteiger partial charge in [0.1, 0.15) is 13.1 Å². The van der Waals surface area contributed by atoms with Crippen molar-refractivity contribution in [1.29, 1.82) is 0 Å². The van der Waals surface area contributed by atoms with Crippen molar-refractivity contribution in [3.63, 3.8) is 0 Å². The van der Waals surface area contributed by atoms with Crippen LogP contribution in [0.25, 0.3) is 6.08 Å². The minimum Gasteiger partial charge on any atom is -0.480 e. The van der Waals surface area contributed by atoms with Crippen molar-refractivity contribution in [2.75, 3.05) is 13.1 Å². The fourth-order valence-corrected chi connectivity index (χ4v) is 1.91. The Morgan fingerprint density at radius 3 is 2.14 bits per heavy atom. The van der Waals surface area contributed by atoms with E-state index in [4.69, 9.17) is 33.4 Å². The van der Waals surface area contributed by atoms with Crippen LogP contribution in [0.5, 0.6) is 0 Å². The highest BCUT2D eigenvalue weighted by Gasteiger charge is 2.17. The Hall–Kier alpha value is -2.05. The second-order valence-electron chi connectivity index (χ2n) is 3.98. The topological polar surface area (TPSA) is 94.9 Å². The van der Waals surface area contributed by atoms with Gasteiger partial charge >= 0.3 is 11.9 Å². The van der Waals surface area contributed by atoms with Gasteiger partial charge < -0.3 is 15.1 Å². The number of amides is 1. The van der Waals surface area contributed by atoms with Crippen molar-refractivity contribution in [3.05, 3.63) is 39.9 Å². The normalized spacial score (nSPS) is 10.6. The molecule has 0 saturated heterocycles. The lowest BCUT2D eigenvalue weighted by Gasteiger charge is -2.16. The summed E-state index contributed by atoms with van der Waals surface area (Å²) < 4.78 is 0. The van der Waals surface area contributed by atoms with Crippen molar-refractivity contribution in [3.8, 4) is 0 Å². The van der Waals surface area contributed by atoms with Gasteiger partial charge in [-0.1, -0.05) is 29.3 Å². The lowest BCUT2D eigenvalue weighted by atomic mass is 10.2. The zero-order chi connectivity index (χ0) is 16.0. The molecular weight excluding hydrogens is 321 g/mol. The van der Waals surface area contributed by atoms with Gasteiger partial charge in [-0.15, -0.1) is 0 Å². The van der Waals surface area contributed by atoms with Crippen LogP contribution in [-0.4, -0.2) is 46.0 Å². The summed E-state index contributed by atoms with van der Waals surface area (Å²) in [6, 6.07) is 4.64. The molecule has 0 heterocycles. The summed E-state index contributed by atoms with van der Waals surface area (Å²) in [4.78, 5) is 33.7. The van der Waals surface area contributed by atoms with E-state index in [2.05, 4.69) is 0 Å². The van der Waals surface area contributed by atoms with Crippen molar-refractivity contribution in [1.82, 2.24) is 4.90 Å². The molecule has 1 aromatic rings. The van der Waals surface area contributed by atoms with Gasteiger partial charge in [0.25, 0.3) is 0 Å². The second-order valence-corrected chi connectivity index (χ2v) is 4.82. The number of halogens is 2. The van der Waals surface area contributed by atoms with Crippen LogP contribution in [0, 0.1) is 0 Å². The number of aliphatic carboxylic acids is 2. The molecule has 0 aromatic heterocycles. The number of nitrogens with zero attached hydrogens (tertiary/aromatic N) is 1. The number of rotatable bonds is 6. The first-order valence-corrected chi connectivity index (χ1v) is 6.41. The van der Waals surface area contributed by atoms with Gasteiger partial charge in [0, 0.05) is 16.1 Å². The van der Waals surface area contributed by atoms with Gasteiger partial charge in [0.15, 0.2) is 0 Å². The van der Waals surface area contributed by atoms with Crippen molar-refractivity contribution >= 4 is 47.1 Å². The maximum absolute atomic E-state index is 11.8. The Bertz CT molecular complexity index is 584. The molecule has 21 heavy (non-hydrogen) atoms. The molecule has 112 valence electrons. The molecule has 2 N–H and O–H groups in total. The van der Waals surface area contributed by atoms with Crippen molar-refractivity contribution in [2.24, 2.45) is 0 Å². The number of benzene rings is 1. The third-order valence-electron chi connectivity index (χ3n) is 2.33. The maximum atomic E-state index is 11.8. The molecule has 0 aliphatic rings. The number of carboxylic acids is 2. The van der Waals surface area contributed by atoms with E-state index in [0.717, 1.165) is 6.08 Å². The lowest BCUT2D eigenvalue weighted by Crippen LogP contribution is -2.38. The standard InChI is InChI=1S/C13H11Cl2NO5/c14-9-3-1-8(10(15)5-9)2-4-11(17)16(6-12(18)19)7-13(20)21/h1-5H,6-7H2,(H,18,19)(H,20,21). The van der Waals surface area contributed by atoms with Crippen LogP contribution in [0.4, 0.5) is 0 Å². The van der Waals surface area contributed by atoms with Crippen LogP contribution >= 0.6 is 23.2 Å². The second kappa shape index (κ2) is 7.66. The number of hydrogen-bond donors (Lipinski definition) is 2. The summed E-state index contributed by atoms with van der Waals surface area (Å²) in [5.41, 5.74) is 0.500. The number of carboxylic acid groups (broad SMARTS) is 2. The predicted octanol–water partition coefficient (Wildman–Crippen LogP) is 2.00.